The second-order valence-corrected chi connectivity index (χ2v) is 5.69. The molecule has 1 aromatic carbocycles. The molecule has 0 spiro atoms. The van der Waals surface area contributed by atoms with E-state index in [1.807, 2.05) is 30.3 Å². The highest BCUT2D eigenvalue weighted by Gasteiger charge is 2.20. The molecule has 108 valence electrons. The first-order chi connectivity index (χ1) is 10.2. The Morgan fingerprint density at radius 1 is 1.33 bits per heavy atom. The van der Waals surface area contributed by atoms with Gasteiger partial charge >= 0.3 is 0 Å². The van der Waals surface area contributed by atoms with Crippen molar-refractivity contribution in [1.82, 2.24) is 20.0 Å². The number of rotatable bonds is 4. The lowest BCUT2D eigenvalue weighted by Gasteiger charge is -2.14. The smallest absolute Gasteiger partial charge is 0.140 e. The predicted octanol–water partition coefficient (Wildman–Crippen LogP) is 3.08. The molecule has 0 aliphatic heterocycles. The molecule has 0 radical (unpaired) electrons. The van der Waals surface area contributed by atoms with Crippen LogP contribution in [0.25, 0.3) is 10.9 Å². The first-order valence-corrected chi connectivity index (χ1v) is 7.61. The van der Waals surface area contributed by atoms with Gasteiger partial charge in [0.05, 0.1) is 23.1 Å². The number of aliphatic hydroxyl groups excluding tert-OH is 1. The molecule has 0 aliphatic rings. The lowest BCUT2D eigenvalue weighted by Crippen LogP contribution is -2.12. The minimum absolute atomic E-state index is 0.577. The van der Waals surface area contributed by atoms with Gasteiger partial charge in [0.25, 0.3) is 0 Å². The highest BCUT2D eigenvalue weighted by Crippen LogP contribution is 2.29. The molecule has 0 fully saturated rings. The van der Waals surface area contributed by atoms with Crippen molar-refractivity contribution < 1.29 is 5.11 Å². The third-order valence-electron chi connectivity index (χ3n) is 3.33. The molecule has 0 saturated heterocycles. The highest BCUT2D eigenvalue weighted by molar-refractivity contribution is 9.10. The molecule has 2 heterocycles. The van der Waals surface area contributed by atoms with Crippen molar-refractivity contribution in [2.75, 3.05) is 0 Å². The first kappa shape index (κ1) is 14.2. The topological polar surface area (TPSA) is 63.8 Å². The molecule has 1 unspecified atom stereocenters. The third kappa shape index (κ3) is 2.69. The highest BCUT2D eigenvalue weighted by atomic mass is 79.9. The van der Waals surface area contributed by atoms with Crippen LogP contribution in [0.1, 0.15) is 30.8 Å². The summed E-state index contributed by atoms with van der Waals surface area (Å²) in [7, 11) is 0. The number of halogens is 1. The SMILES string of the molecule is CCCn1nncc1C(O)c1nc2ccccc2cc1Br. The summed E-state index contributed by atoms with van der Waals surface area (Å²) in [4.78, 5) is 4.57. The fraction of sp³-hybridized carbons (Fsp3) is 0.267. The summed E-state index contributed by atoms with van der Waals surface area (Å²) in [6.45, 7) is 2.78. The molecule has 2 aromatic heterocycles. The molecule has 21 heavy (non-hydrogen) atoms. The van der Waals surface area contributed by atoms with E-state index in [1.54, 1.807) is 10.9 Å². The van der Waals surface area contributed by atoms with Crippen molar-refractivity contribution in [2.24, 2.45) is 0 Å². The molecule has 3 rings (SSSR count). The molecule has 0 bridgehead atoms. The number of benzene rings is 1. The Bertz CT molecular complexity index is 771. The second-order valence-electron chi connectivity index (χ2n) is 4.83. The molecule has 6 heteroatoms. The Kier molecular flexibility index (Phi) is 3.98. The van der Waals surface area contributed by atoms with Crippen LogP contribution in [0.3, 0.4) is 0 Å². The van der Waals surface area contributed by atoms with E-state index in [-0.39, 0.29) is 0 Å². The summed E-state index contributed by atoms with van der Waals surface area (Å²) >= 11 is 3.49. The van der Waals surface area contributed by atoms with Gasteiger partial charge in [0, 0.05) is 16.4 Å². The molecule has 0 aliphatic carbocycles. The van der Waals surface area contributed by atoms with Crippen LogP contribution in [0.2, 0.25) is 0 Å². The summed E-state index contributed by atoms with van der Waals surface area (Å²) in [5.41, 5.74) is 2.08. The summed E-state index contributed by atoms with van der Waals surface area (Å²) in [5, 5.41) is 19.6. The number of hydrogen-bond acceptors (Lipinski definition) is 4. The number of hydrogen-bond donors (Lipinski definition) is 1. The van der Waals surface area contributed by atoms with Crippen molar-refractivity contribution in [1.29, 1.82) is 0 Å². The summed E-state index contributed by atoms with van der Waals surface area (Å²) in [6.07, 6.45) is 1.66. The third-order valence-corrected chi connectivity index (χ3v) is 3.96. The maximum absolute atomic E-state index is 10.6. The van der Waals surface area contributed by atoms with Gasteiger partial charge in [-0.1, -0.05) is 30.3 Å². The van der Waals surface area contributed by atoms with E-state index in [4.69, 9.17) is 0 Å². The molecule has 5 nitrogen and oxygen atoms in total. The van der Waals surface area contributed by atoms with Crippen molar-refractivity contribution in [3.05, 3.63) is 52.4 Å². The van der Waals surface area contributed by atoms with Crippen LogP contribution in [0.5, 0.6) is 0 Å². The minimum Gasteiger partial charge on any atom is -0.380 e. The Balaban J connectivity index is 2.06. The summed E-state index contributed by atoms with van der Waals surface area (Å²) < 4.78 is 2.49. The number of aryl methyl sites for hydroxylation is 1. The van der Waals surface area contributed by atoms with Crippen LogP contribution in [-0.2, 0) is 6.54 Å². The Labute approximate surface area is 130 Å². The van der Waals surface area contributed by atoms with Gasteiger partial charge in [-0.15, -0.1) is 5.10 Å². The maximum atomic E-state index is 10.6. The fourth-order valence-electron chi connectivity index (χ4n) is 2.30. The number of para-hydroxylation sites is 1. The second kappa shape index (κ2) is 5.91. The van der Waals surface area contributed by atoms with Gasteiger partial charge in [0.1, 0.15) is 6.10 Å². The van der Waals surface area contributed by atoms with Crippen LogP contribution in [0.4, 0.5) is 0 Å². The van der Waals surface area contributed by atoms with Crippen molar-refractivity contribution in [2.45, 2.75) is 26.0 Å². The Morgan fingerprint density at radius 2 is 2.14 bits per heavy atom. The standard InChI is InChI=1S/C15H15BrN4O/c1-2-7-20-13(9-17-19-20)15(21)14-11(16)8-10-5-3-4-6-12(10)18-14/h3-6,8-9,15,21H,2,7H2,1H3. The van der Waals surface area contributed by atoms with Crippen molar-refractivity contribution in [3.8, 4) is 0 Å². The Hall–Kier alpha value is -1.79. The molecule has 3 aromatic rings. The molecular formula is C15H15BrN4O. The largest absolute Gasteiger partial charge is 0.380 e. The number of aromatic nitrogens is 4. The zero-order valence-electron chi connectivity index (χ0n) is 11.6. The monoisotopic (exact) mass is 346 g/mol. The fourth-order valence-corrected chi connectivity index (χ4v) is 2.85. The minimum atomic E-state index is -0.856. The summed E-state index contributed by atoms with van der Waals surface area (Å²) in [5.74, 6) is 0. The maximum Gasteiger partial charge on any atom is 0.140 e. The molecule has 1 atom stereocenters. The molecular weight excluding hydrogens is 332 g/mol. The van der Waals surface area contributed by atoms with Gasteiger partial charge in [-0.05, 0) is 34.5 Å². The van der Waals surface area contributed by atoms with Gasteiger partial charge in [0.2, 0.25) is 0 Å². The molecule has 0 amide bonds. The van der Waals surface area contributed by atoms with E-state index in [1.165, 1.54) is 0 Å². The zero-order valence-corrected chi connectivity index (χ0v) is 13.2. The van der Waals surface area contributed by atoms with Crippen molar-refractivity contribution in [3.63, 3.8) is 0 Å². The van der Waals surface area contributed by atoms with Crippen LogP contribution in [0, 0.1) is 0 Å². The van der Waals surface area contributed by atoms with E-state index in [0.29, 0.717) is 11.4 Å². The van der Waals surface area contributed by atoms with Gasteiger partial charge in [-0.2, -0.15) is 0 Å². The summed E-state index contributed by atoms with van der Waals surface area (Å²) in [6, 6.07) is 9.79. The van der Waals surface area contributed by atoms with Crippen LogP contribution in [-0.4, -0.2) is 25.1 Å². The van der Waals surface area contributed by atoms with Crippen LogP contribution < -0.4 is 0 Å². The van der Waals surface area contributed by atoms with E-state index in [2.05, 4.69) is 38.1 Å². The van der Waals surface area contributed by atoms with E-state index < -0.39 is 6.10 Å². The number of pyridine rings is 1. The lowest BCUT2D eigenvalue weighted by molar-refractivity contribution is 0.202. The normalized spacial score (nSPS) is 12.7. The van der Waals surface area contributed by atoms with E-state index >= 15 is 0 Å². The van der Waals surface area contributed by atoms with Crippen LogP contribution >= 0.6 is 15.9 Å². The first-order valence-electron chi connectivity index (χ1n) is 6.82. The zero-order chi connectivity index (χ0) is 14.8. The average Bonchev–Trinajstić information content (AvgIpc) is 2.94. The van der Waals surface area contributed by atoms with E-state index in [9.17, 15) is 5.11 Å². The average molecular weight is 347 g/mol. The number of fused-ring (bicyclic) bond motifs is 1. The van der Waals surface area contributed by atoms with E-state index in [0.717, 1.165) is 28.3 Å². The number of aliphatic hydroxyl groups is 1. The van der Waals surface area contributed by atoms with Crippen molar-refractivity contribution >= 4 is 26.8 Å². The van der Waals surface area contributed by atoms with Gasteiger partial charge in [-0.3, -0.25) is 0 Å². The lowest BCUT2D eigenvalue weighted by atomic mass is 10.1. The van der Waals surface area contributed by atoms with Gasteiger partial charge in [0.15, 0.2) is 0 Å². The van der Waals surface area contributed by atoms with Gasteiger partial charge < -0.3 is 5.11 Å². The quantitative estimate of drug-likeness (QED) is 0.788. The van der Waals surface area contributed by atoms with Crippen LogP contribution in [0.15, 0.2) is 41.0 Å². The molecule has 1 N–H and O–H groups in total. The van der Waals surface area contributed by atoms with Gasteiger partial charge in [-0.25, -0.2) is 9.67 Å². The Morgan fingerprint density at radius 3 is 2.95 bits per heavy atom. The molecule has 0 saturated carbocycles. The number of nitrogens with zero attached hydrogens (tertiary/aromatic N) is 4. The predicted molar refractivity (Wildman–Crippen MR) is 83.8 cm³/mol.